The first-order valence-corrected chi connectivity index (χ1v) is 7.75. The molecule has 6 heteroatoms. The minimum Gasteiger partial charge on any atom is -0.367 e. The SMILES string of the molecule is Cc1sc2nc(Cl)nc(NC3CCNCC3)c2c1C. The third-order valence-electron chi connectivity index (χ3n) is 3.68. The number of thiophene rings is 1. The molecule has 0 spiro atoms. The van der Waals surface area contributed by atoms with Crippen LogP contribution in [-0.4, -0.2) is 29.1 Å². The van der Waals surface area contributed by atoms with E-state index in [0.29, 0.717) is 11.3 Å². The number of hydrogen-bond donors (Lipinski definition) is 2. The van der Waals surface area contributed by atoms with Crippen LogP contribution in [0.4, 0.5) is 5.82 Å². The first-order valence-electron chi connectivity index (χ1n) is 6.55. The van der Waals surface area contributed by atoms with Crippen molar-refractivity contribution in [2.75, 3.05) is 18.4 Å². The monoisotopic (exact) mass is 296 g/mol. The van der Waals surface area contributed by atoms with E-state index < -0.39 is 0 Å². The van der Waals surface area contributed by atoms with Crippen molar-refractivity contribution in [3.63, 3.8) is 0 Å². The highest BCUT2D eigenvalue weighted by Gasteiger charge is 2.18. The van der Waals surface area contributed by atoms with Crippen LogP contribution in [0.2, 0.25) is 5.28 Å². The molecule has 1 aliphatic heterocycles. The van der Waals surface area contributed by atoms with Gasteiger partial charge < -0.3 is 10.6 Å². The van der Waals surface area contributed by atoms with E-state index in [1.54, 1.807) is 11.3 Å². The van der Waals surface area contributed by atoms with Gasteiger partial charge in [0.05, 0.1) is 5.39 Å². The minimum absolute atomic E-state index is 0.324. The number of fused-ring (bicyclic) bond motifs is 1. The van der Waals surface area contributed by atoms with Gasteiger partial charge in [-0.15, -0.1) is 11.3 Å². The third kappa shape index (κ3) is 2.55. The highest BCUT2D eigenvalue weighted by molar-refractivity contribution is 7.18. The Bertz CT molecular complexity index is 604. The lowest BCUT2D eigenvalue weighted by Crippen LogP contribution is -2.35. The van der Waals surface area contributed by atoms with E-state index in [9.17, 15) is 0 Å². The van der Waals surface area contributed by atoms with Gasteiger partial charge in [-0.25, -0.2) is 9.97 Å². The molecule has 102 valence electrons. The van der Waals surface area contributed by atoms with Gasteiger partial charge in [-0.1, -0.05) is 0 Å². The topological polar surface area (TPSA) is 49.8 Å². The molecule has 19 heavy (non-hydrogen) atoms. The van der Waals surface area contributed by atoms with Gasteiger partial charge in [-0.05, 0) is 56.9 Å². The van der Waals surface area contributed by atoms with Crippen molar-refractivity contribution < 1.29 is 0 Å². The van der Waals surface area contributed by atoms with Gasteiger partial charge in [-0.2, -0.15) is 0 Å². The summed E-state index contributed by atoms with van der Waals surface area (Å²) < 4.78 is 0. The van der Waals surface area contributed by atoms with Crippen LogP contribution in [0.5, 0.6) is 0 Å². The van der Waals surface area contributed by atoms with Gasteiger partial charge in [0, 0.05) is 10.9 Å². The summed E-state index contributed by atoms with van der Waals surface area (Å²) in [6.07, 6.45) is 2.23. The number of aromatic nitrogens is 2. The maximum absolute atomic E-state index is 6.04. The molecule has 0 saturated carbocycles. The first kappa shape index (κ1) is 13.1. The summed E-state index contributed by atoms with van der Waals surface area (Å²) in [5.41, 5.74) is 1.26. The lowest BCUT2D eigenvalue weighted by Gasteiger charge is -2.24. The molecule has 0 aliphatic carbocycles. The lowest BCUT2D eigenvalue weighted by atomic mass is 10.1. The predicted octanol–water partition coefficient (Wildman–Crippen LogP) is 3.13. The van der Waals surface area contributed by atoms with Crippen molar-refractivity contribution in [2.45, 2.75) is 32.7 Å². The molecular formula is C13H17ClN4S. The molecule has 4 nitrogen and oxygen atoms in total. The van der Waals surface area contributed by atoms with Crippen LogP contribution in [0, 0.1) is 13.8 Å². The van der Waals surface area contributed by atoms with Crippen LogP contribution in [0.1, 0.15) is 23.3 Å². The Morgan fingerprint density at radius 3 is 2.74 bits per heavy atom. The van der Waals surface area contributed by atoms with Crippen molar-refractivity contribution in [3.05, 3.63) is 15.7 Å². The minimum atomic E-state index is 0.324. The fourth-order valence-electron chi connectivity index (χ4n) is 2.49. The van der Waals surface area contributed by atoms with Crippen molar-refractivity contribution in [3.8, 4) is 0 Å². The van der Waals surface area contributed by atoms with Crippen molar-refractivity contribution in [2.24, 2.45) is 0 Å². The zero-order chi connectivity index (χ0) is 13.4. The molecule has 0 bridgehead atoms. The highest BCUT2D eigenvalue weighted by atomic mass is 35.5. The smallest absolute Gasteiger partial charge is 0.225 e. The molecule has 1 aliphatic rings. The van der Waals surface area contributed by atoms with E-state index in [1.807, 2.05) is 0 Å². The molecule has 2 aromatic heterocycles. The second kappa shape index (κ2) is 5.23. The number of piperidine rings is 1. The van der Waals surface area contributed by atoms with E-state index >= 15 is 0 Å². The quantitative estimate of drug-likeness (QED) is 0.836. The average molecular weight is 297 g/mol. The van der Waals surface area contributed by atoms with Crippen LogP contribution in [-0.2, 0) is 0 Å². The van der Waals surface area contributed by atoms with Crippen molar-refractivity contribution >= 4 is 39.0 Å². The molecule has 1 saturated heterocycles. The molecule has 3 rings (SSSR count). The standard InChI is InChI=1S/C13H17ClN4S/c1-7-8(2)19-12-10(7)11(17-13(14)18-12)16-9-3-5-15-6-4-9/h9,15H,3-6H2,1-2H3,(H,16,17,18). The number of aryl methyl sites for hydroxylation is 2. The Morgan fingerprint density at radius 1 is 1.26 bits per heavy atom. The zero-order valence-electron chi connectivity index (χ0n) is 11.1. The van der Waals surface area contributed by atoms with Crippen LogP contribution in [0.3, 0.4) is 0 Å². The van der Waals surface area contributed by atoms with E-state index in [2.05, 4.69) is 34.4 Å². The Labute approximate surface area is 121 Å². The molecular weight excluding hydrogens is 280 g/mol. The van der Waals surface area contributed by atoms with Gasteiger partial charge in [0.15, 0.2) is 0 Å². The third-order valence-corrected chi connectivity index (χ3v) is 4.95. The van der Waals surface area contributed by atoms with E-state index in [0.717, 1.165) is 42.0 Å². The second-order valence-corrected chi connectivity index (χ2v) is 6.51. The predicted molar refractivity (Wildman–Crippen MR) is 81.4 cm³/mol. The summed E-state index contributed by atoms with van der Waals surface area (Å²) >= 11 is 7.72. The molecule has 0 atom stereocenters. The lowest BCUT2D eigenvalue weighted by molar-refractivity contribution is 0.478. The van der Waals surface area contributed by atoms with E-state index in [1.165, 1.54) is 10.4 Å². The number of anilines is 1. The number of hydrogen-bond acceptors (Lipinski definition) is 5. The van der Waals surface area contributed by atoms with Gasteiger partial charge >= 0.3 is 0 Å². The Kier molecular flexibility index (Phi) is 3.60. The Hall–Kier alpha value is -0.910. The van der Waals surface area contributed by atoms with Crippen LogP contribution in [0.25, 0.3) is 10.2 Å². The average Bonchev–Trinajstić information content (AvgIpc) is 2.66. The van der Waals surface area contributed by atoms with Crippen LogP contribution >= 0.6 is 22.9 Å². The molecule has 1 fully saturated rings. The van der Waals surface area contributed by atoms with Crippen LogP contribution in [0.15, 0.2) is 0 Å². The molecule has 0 aromatic carbocycles. The van der Waals surface area contributed by atoms with Crippen molar-refractivity contribution in [1.29, 1.82) is 0 Å². The summed E-state index contributed by atoms with van der Waals surface area (Å²) in [7, 11) is 0. The van der Waals surface area contributed by atoms with Gasteiger partial charge in [0.1, 0.15) is 10.6 Å². The summed E-state index contributed by atoms with van der Waals surface area (Å²) in [5, 5.41) is 8.37. The van der Waals surface area contributed by atoms with E-state index in [4.69, 9.17) is 11.6 Å². The van der Waals surface area contributed by atoms with Gasteiger partial charge in [-0.3, -0.25) is 0 Å². The largest absolute Gasteiger partial charge is 0.367 e. The Balaban J connectivity index is 2.01. The first-order chi connectivity index (χ1) is 9.15. The van der Waals surface area contributed by atoms with E-state index in [-0.39, 0.29) is 0 Å². The summed E-state index contributed by atoms with van der Waals surface area (Å²) in [6, 6.07) is 0.468. The highest BCUT2D eigenvalue weighted by Crippen LogP contribution is 2.34. The summed E-state index contributed by atoms with van der Waals surface area (Å²) in [4.78, 5) is 11.0. The summed E-state index contributed by atoms with van der Waals surface area (Å²) in [6.45, 7) is 6.35. The molecule has 2 aromatic rings. The van der Waals surface area contributed by atoms with Gasteiger partial charge in [0.25, 0.3) is 0 Å². The molecule has 0 amide bonds. The molecule has 3 heterocycles. The maximum atomic E-state index is 6.04. The maximum Gasteiger partial charge on any atom is 0.225 e. The number of nitrogens with zero attached hydrogens (tertiary/aromatic N) is 2. The van der Waals surface area contributed by atoms with Crippen molar-refractivity contribution in [1.82, 2.24) is 15.3 Å². The number of rotatable bonds is 2. The second-order valence-electron chi connectivity index (χ2n) is 4.97. The summed E-state index contributed by atoms with van der Waals surface area (Å²) in [5.74, 6) is 0.892. The Morgan fingerprint density at radius 2 is 2.00 bits per heavy atom. The fraction of sp³-hybridized carbons (Fsp3) is 0.538. The molecule has 2 N–H and O–H groups in total. The number of halogens is 1. The van der Waals surface area contributed by atoms with Gasteiger partial charge in [0.2, 0.25) is 5.28 Å². The molecule has 0 radical (unpaired) electrons. The zero-order valence-corrected chi connectivity index (χ0v) is 12.7. The normalized spacial score (nSPS) is 17.0. The molecule has 0 unspecified atom stereocenters. The fourth-order valence-corrected chi connectivity index (χ4v) is 3.74. The van der Waals surface area contributed by atoms with Crippen LogP contribution < -0.4 is 10.6 Å². The number of nitrogens with one attached hydrogen (secondary N) is 2.